The third kappa shape index (κ3) is 5.83. The lowest BCUT2D eigenvalue weighted by Crippen LogP contribution is -2.21. The van der Waals surface area contributed by atoms with Crippen LogP contribution in [0.15, 0.2) is 51.9 Å². The molecule has 4 aromatic rings. The Morgan fingerprint density at radius 1 is 1.00 bits per heavy atom. The molecule has 0 aliphatic heterocycles. The summed E-state index contributed by atoms with van der Waals surface area (Å²) >= 11 is 1.30. The number of benzene rings is 2. The number of fused-ring (bicyclic) bond motifs is 1. The lowest BCUT2D eigenvalue weighted by molar-refractivity contribution is -0.118. The van der Waals surface area contributed by atoms with Crippen molar-refractivity contribution in [2.45, 2.75) is 34.6 Å². The quantitative estimate of drug-likeness (QED) is 0.280. The lowest BCUT2D eigenvalue weighted by Gasteiger charge is -2.10. The molecule has 0 atom stereocenters. The van der Waals surface area contributed by atoms with Crippen LogP contribution in [0.1, 0.15) is 38.8 Å². The van der Waals surface area contributed by atoms with Gasteiger partial charge >= 0.3 is 5.97 Å². The molecule has 192 valence electrons. The van der Waals surface area contributed by atoms with Crippen LogP contribution in [0.3, 0.4) is 0 Å². The first-order chi connectivity index (χ1) is 17.7. The van der Waals surface area contributed by atoms with Gasteiger partial charge in [0.15, 0.2) is 6.61 Å². The first kappa shape index (κ1) is 26.0. The van der Waals surface area contributed by atoms with E-state index in [1.807, 2.05) is 45.9 Å². The monoisotopic (exact) mass is 521 g/mol. The van der Waals surface area contributed by atoms with Gasteiger partial charge in [0.1, 0.15) is 28.3 Å². The van der Waals surface area contributed by atoms with E-state index in [0.717, 1.165) is 21.6 Å². The Morgan fingerprint density at radius 3 is 2.43 bits per heavy atom. The number of carbonyl (C=O) groups excluding carboxylic acids is 2. The minimum absolute atomic E-state index is 0.0736. The molecule has 8 nitrogen and oxygen atoms in total. The summed E-state index contributed by atoms with van der Waals surface area (Å²) < 4.78 is 22.1. The minimum atomic E-state index is -0.481. The Morgan fingerprint density at radius 2 is 1.73 bits per heavy atom. The number of carbonyl (C=O) groups is 2. The zero-order valence-corrected chi connectivity index (χ0v) is 22.0. The summed E-state index contributed by atoms with van der Waals surface area (Å²) in [6.45, 7) is 9.24. The summed E-state index contributed by atoms with van der Waals surface area (Å²) in [5.41, 5.74) is 3.14. The molecule has 9 heteroatoms. The standard InChI is InChI=1S/C28H27NO7S/c1-6-33-28(32)25-17(4)18(5)37-27(25)29-24(30)14-34-19-7-8-21-22(12-19)35-13-23(26(21)31)36-20-10-15(2)9-16(3)11-20/h7-13H,6,14H2,1-5H3,(H,29,30). The highest BCUT2D eigenvalue weighted by Crippen LogP contribution is 2.33. The summed E-state index contributed by atoms with van der Waals surface area (Å²) in [5.74, 6) is 0.0522. The van der Waals surface area contributed by atoms with Gasteiger partial charge in [-0.25, -0.2) is 4.79 Å². The number of rotatable bonds is 8. The SMILES string of the molecule is CCOC(=O)c1c(NC(=O)COc2ccc3c(=O)c(Oc4cc(C)cc(C)c4)coc3c2)sc(C)c1C. The largest absolute Gasteiger partial charge is 0.484 e. The fourth-order valence-electron chi connectivity index (χ4n) is 3.85. The second-order valence-corrected chi connectivity index (χ2v) is 9.78. The number of esters is 1. The zero-order valence-electron chi connectivity index (χ0n) is 21.2. The highest BCUT2D eigenvalue weighted by Gasteiger charge is 2.22. The van der Waals surface area contributed by atoms with Crippen LogP contribution in [0.2, 0.25) is 0 Å². The van der Waals surface area contributed by atoms with Gasteiger partial charge in [-0.1, -0.05) is 6.07 Å². The molecule has 2 aromatic heterocycles. The topological polar surface area (TPSA) is 104 Å². The molecule has 0 saturated carbocycles. The smallest absolute Gasteiger partial charge is 0.341 e. The van der Waals surface area contributed by atoms with Crippen molar-refractivity contribution in [3.05, 3.63) is 80.0 Å². The van der Waals surface area contributed by atoms with E-state index < -0.39 is 11.9 Å². The predicted molar refractivity (Wildman–Crippen MR) is 142 cm³/mol. The van der Waals surface area contributed by atoms with E-state index in [4.69, 9.17) is 18.6 Å². The average Bonchev–Trinajstić information content (AvgIpc) is 3.11. The maximum absolute atomic E-state index is 12.9. The number of hydrogen-bond acceptors (Lipinski definition) is 8. The Balaban J connectivity index is 1.46. The van der Waals surface area contributed by atoms with Crippen molar-refractivity contribution < 1.29 is 28.2 Å². The van der Waals surface area contributed by atoms with Crippen molar-refractivity contribution in [1.82, 2.24) is 0 Å². The molecule has 0 bridgehead atoms. The minimum Gasteiger partial charge on any atom is -0.484 e. The van der Waals surface area contributed by atoms with E-state index in [9.17, 15) is 14.4 Å². The Kier molecular flexibility index (Phi) is 7.63. The molecule has 0 fully saturated rings. The van der Waals surface area contributed by atoms with Gasteiger partial charge in [-0.15, -0.1) is 11.3 Å². The van der Waals surface area contributed by atoms with E-state index in [1.54, 1.807) is 19.1 Å². The second-order valence-electron chi connectivity index (χ2n) is 8.56. The number of hydrogen-bond donors (Lipinski definition) is 1. The molecule has 4 rings (SSSR count). The predicted octanol–water partition coefficient (Wildman–Crippen LogP) is 6.07. The van der Waals surface area contributed by atoms with Crippen LogP contribution in [-0.4, -0.2) is 25.1 Å². The van der Waals surface area contributed by atoms with E-state index in [0.29, 0.717) is 33.0 Å². The van der Waals surface area contributed by atoms with Crippen molar-refractivity contribution in [2.75, 3.05) is 18.5 Å². The van der Waals surface area contributed by atoms with E-state index >= 15 is 0 Å². The van der Waals surface area contributed by atoms with Gasteiger partial charge in [0.2, 0.25) is 11.2 Å². The van der Waals surface area contributed by atoms with E-state index in [2.05, 4.69) is 5.32 Å². The van der Waals surface area contributed by atoms with Gasteiger partial charge < -0.3 is 23.9 Å². The van der Waals surface area contributed by atoms with Crippen LogP contribution in [-0.2, 0) is 9.53 Å². The molecule has 0 aliphatic carbocycles. The molecule has 1 N–H and O–H groups in total. The third-order valence-electron chi connectivity index (χ3n) is 5.63. The maximum Gasteiger partial charge on any atom is 0.341 e. The molecular weight excluding hydrogens is 494 g/mol. The van der Waals surface area contributed by atoms with Crippen molar-refractivity contribution in [3.8, 4) is 17.2 Å². The van der Waals surface area contributed by atoms with Gasteiger partial charge in [-0.2, -0.15) is 0 Å². The highest BCUT2D eigenvalue weighted by molar-refractivity contribution is 7.16. The van der Waals surface area contributed by atoms with Crippen molar-refractivity contribution in [1.29, 1.82) is 0 Å². The van der Waals surface area contributed by atoms with Crippen molar-refractivity contribution in [3.63, 3.8) is 0 Å². The van der Waals surface area contributed by atoms with Gasteiger partial charge in [-0.05, 0) is 75.6 Å². The molecular formula is C28H27NO7S. The second kappa shape index (κ2) is 10.9. The molecule has 2 aromatic carbocycles. The molecule has 0 radical (unpaired) electrons. The number of ether oxygens (including phenoxy) is 3. The van der Waals surface area contributed by atoms with Crippen LogP contribution in [0.5, 0.6) is 17.2 Å². The first-order valence-corrected chi connectivity index (χ1v) is 12.5. The summed E-state index contributed by atoms with van der Waals surface area (Å²) in [6, 6.07) is 10.4. The molecule has 2 heterocycles. The molecule has 0 saturated heterocycles. The number of thiophene rings is 1. The van der Waals surface area contributed by atoms with Crippen LogP contribution in [0.25, 0.3) is 11.0 Å². The number of nitrogens with one attached hydrogen (secondary N) is 1. The number of amides is 1. The van der Waals surface area contributed by atoms with Crippen LogP contribution in [0, 0.1) is 27.7 Å². The van der Waals surface area contributed by atoms with Crippen molar-refractivity contribution in [2.24, 2.45) is 0 Å². The number of aryl methyl sites for hydroxylation is 3. The lowest BCUT2D eigenvalue weighted by atomic mass is 10.1. The van der Waals surface area contributed by atoms with Gasteiger partial charge in [0.25, 0.3) is 5.91 Å². The number of anilines is 1. The zero-order chi connectivity index (χ0) is 26.7. The summed E-state index contributed by atoms with van der Waals surface area (Å²) in [5, 5.41) is 3.47. The van der Waals surface area contributed by atoms with E-state index in [1.165, 1.54) is 23.7 Å². The fourth-order valence-corrected chi connectivity index (χ4v) is 4.91. The molecule has 0 unspecified atom stereocenters. The molecule has 0 aliphatic rings. The van der Waals surface area contributed by atoms with E-state index in [-0.39, 0.29) is 24.4 Å². The van der Waals surface area contributed by atoms with Gasteiger partial charge in [-0.3, -0.25) is 9.59 Å². The Hall–Kier alpha value is -4.11. The summed E-state index contributed by atoms with van der Waals surface area (Å²) in [4.78, 5) is 38.7. The fraction of sp³-hybridized carbons (Fsp3) is 0.250. The van der Waals surface area contributed by atoms with Gasteiger partial charge in [0, 0.05) is 10.9 Å². The average molecular weight is 522 g/mol. The molecule has 37 heavy (non-hydrogen) atoms. The maximum atomic E-state index is 12.9. The van der Waals surface area contributed by atoms with Gasteiger partial charge in [0.05, 0.1) is 17.6 Å². The van der Waals surface area contributed by atoms with Crippen LogP contribution >= 0.6 is 11.3 Å². The van der Waals surface area contributed by atoms with Crippen molar-refractivity contribution >= 4 is 39.2 Å². The highest BCUT2D eigenvalue weighted by atomic mass is 32.1. The van der Waals surface area contributed by atoms with Crippen LogP contribution < -0.4 is 20.2 Å². The Bertz CT molecular complexity index is 1530. The first-order valence-electron chi connectivity index (χ1n) is 11.7. The normalized spacial score (nSPS) is 10.8. The summed E-state index contributed by atoms with van der Waals surface area (Å²) in [7, 11) is 0. The third-order valence-corrected chi connectivity index (χ3v) is 6.75. The van der Waals surface area contributed by atoms with Crippen LogP contribution in [0.4, 0.5) is 5.00 Å². The Labute approximate surface area is 217 Å². The molecule has 1 amide bonds. The molecule has 0 spiro atoms. The summed E-state index contributed by atoms with van der Waals surface area (Å²) in [6.07, 6.45) is 1.26.